The molecule has 2 saturated heterocycles. The van der Waals surface area contributed by atoms with Gasteiger partial charge < -0.3 is 4.90 Å². The van der Waals surface area contributed by atoms with Crippen LogP contribution in [0.3, 0.4) is 0 Å². The molecule has 146 valence electrons. The molecule has 0 radical (unpaired) electrons. The molecule has 0 N–H and O–H groups in total. The van der Waals surface area contributed by atoms with Crippen LogP contribution < -0.4 is 9.80 Å². The van der Waals surface area contributed by atoms with Crippen molar-refractivity contribution in [2.75, 3.05) is 36.0 Å². The van der Waals surface area contributed by atoms with E-state index in [9.17, 15) is 14.0 Å². The van der Waals surface area contributed by atoms with E-state index in [1.807, 2.05) is 13.0 Å². The van der Waals surface area contributed by atoms with Gasteiger partial charge >= 0.3 is 0 Å². The molecular formula is C21H21ClFN3O2. The number of benzene rings is 2. The lowest BCUT2D eigenvalue weighted by atomic mass is 10.1. The minimum atomic E-state index is -0.443. The van der Waals surface area contributed by atoms with Crippen LogP contribution in [0.2, 0.25) is 5.02 Å². The Morgan fingerprint density at radius 2 is 1.68 bits per heavy atom. The number of amides is 2. The molecule has 28 heavy (non-hydrogen) atoms. The number of halogens is 2. The van der Waals surface area contributed by atoms with Gasteiger partial charge in [0.1, 0.15) is 5.82 Å². The standard InChI is InChI=1S/C21H21ClFN3O2/c1-14-2-3-15(22)12-18(14)26-20(27)13-19(21(26)28)25-10-8-24(9-11-25)17-6-4-16(23)5-7-17/h2-7,12,19H,8-11,13H2,1H3/t19-/m0/s1. The van der Waals surface area contributed by atoms with Gasteiger partial charge in [-0.25, -0.2) is 9.29 Å². The Balaban J connectivity index is 1.46. The smallest absolute Gasteiger partial charge is 0.251 e. The lowest BCUT2D eigenvalue weighted by Gasteiger charge is -2.38. The fraction of sp³-hybridized carbons (Fsp3) is 0.333. The average Bonchev–Trinajstić information content (AvgIpc) is 2.99. The highest BCUT2D eigenvalue weighted by atomic mass is 35.5. The second-order valence-electron chi connectivity index (χ2n) is 7.22. The van der Waals surface area contributed by atoms with E-state index in [1.54, 1.807) is 24.3 Å². The number of carbonyl (C=O) groups is 2. The minimum absolute atomic E-state index is 0.182. The van der Waals surface area contributed by atoms with Crippen molar-refractivity contribution in [3.05, 3.63) is 58.9 Å². The van der Waals surface area contributed by atoms with Gasteiger partial charge in [-0.2, -0.15) is 0 Å². The van der Waals surface area contributed by atoms with Gasteiger partial charge in [-0.05, 0) is 48.9 Å². The molecule has 2 aromatic carbocycles. The highest BCUT2D eigenvalue weighted by Gasteiger charge is 2.43. The number of aryl methyl sites for hydroxylation is 1. The molecular weight excluding hydrogens is 381 g/mol. The molecule has 0 saturated carbocycles. The first-order chi connectivity index (χ1) is 13.4. The molecule has 0 bridgehead atoms. The molecule has 2 amide bonds. The van der Waals surface area contributed by atoms with Gasteiger partial charge in [-0.3, -0.25) is 14.5 Å². The number of nitrogens with zero attached hydrogens (tertiary/aromatic N) is 3. The summed E-state index contributed by atoms with van der Waals surface area (Å²) in [6, 6.07) is 11.2. The number of rotatable bonds is 3. The molecule has 2 aromatic rings. The Bertz CT molecular complexity index is 910. The number of imide groups is 1. The van der Waals surface area contributed by atoms with E-state index in [4.69, 9.17) is 11.6 Å². The summed E-state index contributed by atoms with van der Waals surface area (Å²) in [7, 11) is 0. The van der Waals surface area contributed by atoms with E-state index < -0.39 is 6.04 Å². The maximum absolute atomic E-state index is 13.1. The summed E-state index contributed by atoms with van der Waals surface area (Å²) < 4.78 is 13.1. The zero-order valence-electron chi connectivity index (χ0n) is 15.6. The number of anilines is 2. The topological polar surface area (TPSA) is 43.9 Å². The van der Waals surface area contributed by atoms with Crippen LogP contribution in [0.1, 0.15) is 12.0 Å². The first kappa shape index (κ1) is 18.9. The van der Waals surface area contributed by atoms with Gasteiger partial charge in [-0.15, -0.1) is 0 Å². The lowest BCUT2D eigenvalue weighted by Crippen LogP contribution is -2.52. The third-order valence-electron chi connectivity index (χ3n) is 5.48. The molecule has 2 fully saturated rings. The zero-order chi connectivity index (χ0) is 19.8. The summed E-state index contributed by atoms with van der Waals surface area (Å²) in [5.74, 6) is -0.638. The summed E-state index contributed by atoms with van der Waals surface area (Å²) in [6.45, 7) is 4.65. The van der Waals surface area contributed by atoms with Crippen LogP contribution >= 0.6 is 11.6 Å². The first-order valence-electron chi connectivity index (χ1n) is 9.31. The van der Waals surface area contributed by atoms with Crippen LogP contribution in [0.5, 0.6) is 0 Å². The molecule has 2 heterocycles. The van der Waals surface area contributed by atoms with Gasteiger partial charge in [0.25, 0.3) is 5.91 Å². The van der Waals surface area contributed by atoms with Gasteiger partial charge in [0.05, 0.1) is 18.2 Å². The fourth-order valence-corrected chi connectivity index (χ4v) is 4.09. The molecule has 0 aromatic heterocycles. The Morgan fingerprint density at radius 3 is 2.36 bits per heavy atom. The molecule has 7 heteroatoms. The van der Waals surface area contributed by atoms with E-state index in [-0.39, 0.29) is 24.1 Å². The van der Waals surface area contributed by atoms with E-state index in [2.05, 4.69) is 9.80 Å². The van der Waals surface area contributed by atoms with Crippen molar-refractivity contribution in [3.8, 4) is 0 Å². The van der Waals surface area contributed by atoms with Crippen molar-refractivity contribution < 1.29 is 14.0 Å². The molecule has 0 spiro atoms. The first-order valence-corrected chi connectivity index (χ1v) is 9.69. The predicted molar refractivity (Wildman–Crippen MR) is 107 cm³/mol. The van der Waals surface area contributed by atoms with E-state index in [0.717, 1.165) is 24.3 Å². The van der Waals surface area contributed by atoms with E-state index in [1.165, 1.54) is 17.0 Å². The zero-order valence-corrected chi connectivity index (χ0v) is 16.3. The summed E-state index contributed by atoms with van der Waals surface area (Å²) in [6.07, 6.45) is 0.182. The second-order valence-corrected chi connectivity index (χ2v) is 7.65. The van der Waals surface area contributed by atoms with Crippen molar-refractivity contribution in [2.45, 2.75) is 19.4 Å². The average molecular weight is 402 g/mol. The Labute approximate surface area is 168 Å². The molecule has 5 nitrogen and oxygen atoms in total. The maximum atomic E-state index is 13.1. The van der Waals surface area contributed by atoms with Crippen molar-refractivity contribution in [1.82, 2.24) is 4.90 Å². The summed E-state index contributed by atoms with van der Waals surface area (Å²) in [5, 5.41) is 0.498. The van der Waals surface area contributed by atoms with Crippen molar-refractivity contribution in [2.24, 2.45) is 0 Å². The van der Waals surface area contributed by atoms with Crippen molar-refractivity contribution in [3.63, 3.8) is 0 Å². The van der Waals surface area contributed by atoms with Crippen LogP contribution in [0.15, 0.2) is 42.5 Å². The number of piperazine rings is 1. The molecule has 2 aliphatic rings. The number of hydrogen-bond donors (Lipinski definition) is 0. The molecule has 4 rings (SSSR count). The molecule has 1 atom stereocenters. The monoisotopic (exact) mass is 401 g/mol. The van der Waals surface area contributed by atoms with Gasteiger partial charge in [0.2, 0.25) is 5.91 Å². The fourth-order valence-electron chi connectivity index (χ4n) is 3.92. The SMILES string of the molecule is Cc1ccc(Cl)cc1N1C(=O)C[C@H](N2CCN(c3ccc(F)cc3)CC2)C1=O. The van der Waals surface area contributed by atoms with Crippen LogP contribution in [0.25, 0.3) is 0 Å². The van der Waals surface area contributed by atoms with Crippen LogP contribution in [0.4, 0.5) is 15.8 Å². The van der Waals surface area contributed by atoms with Gasteiger partial charge in [0.15, 0.2) is 0 Å². The summed E-state index contributed by atoms with van der Waals surface area (Å²) in [4.78, 5) is 31.2. The minimum Gasteiger partial charge on any atom is -0.369 e. The molecule has 0 aliphatic carbocycles. The third-order valence-corrected chi connectivity index (χ3v) is 5.72. The van der Waals surface area contributed by atoms with E-state index in [0.29, 0.717) is 23.8 Å². The van der Waals surface area contributed by atoms with Crippen molar-refractivity contribution >= 4 is 34.8 Å². The predicted octanol–water partition coefficient (Wildman–Crippen LogP) is 3.24. The largest absolute Gasteiger partial charge is 0.369 e. The maximum Gasteiger partial charge on any atom is 0.251 e. The Hall–Kier alpha value is -2.44. The van der Waals surface area contributed by atoms with Crippen LogP contribution in [-0.4, -0.2) is 48.9 Å². The third kappa shape index (κ3) is 3.50. The van der Waals surface area contributed by atoms with Gasteiger partial charge in [-0.1, -0.05) is 17.7 Å². The Kier molecular flexibility index (Phi) is 5.08. The van der Waals surface area contributed by atoms with Crippen molar-refractivity contribution in [1.29, 1.82) is 0 Å². The highest BCUT2D eigenvalue weighted by Crippen LogP contribution is 2.31. The quantitative estimate of drug-likeness (QED) is 0.741. The van der Waals surface area contributed by atoms with Crippen LogP contribution in [0, 0.1) is 12.7 Å². The number of hydrogen-bond acceptors (Lipinski definition) is 4. The highest BCUT2D eigenvalue weighted by molar-refractivity contribution is 6.31. The second kappa shape index (κ2) is 7.53. The van der Waals surface area contributed by atoms with Crippen LogP contribution in [-0.2, 0) is 9.59 Å². The van der Waals surface area contributed by atoms with E-state index >= 15 is 0 Å². The van der Waals surface area contributed by atoms with Gasteiger partial charge in [0, 0.05) is 36.9 Å². The summed E-state index contributed by atoms with van der Waals surface area (Å²) >= 11 is 6.07. The Morgan fingerprint density at radius 1 is 1.00 bits per heavy atom. The lowest BCUT2D eigenvalue weighted by molar-refractivity contribution is -0.123. The molecule has 2 aliphatic heterocycles. The number of carbonyl (C=O) groups excluding carboxylic acids is 2. The summed E-state index contributed by atoms with van der Waals surface area (Å²) in [5.41, 5.74) is 2.37. The normalized spacial score (nSPS) is 20.9. The molecule has 0 unspecified atom stereocenters.